The molecule has 1 fully saturated rings. The molecule has 2 N–H and O–H groups in total. The Labute approximate surface area is 128 Å². The monoisotopic (exact) mass is 318 g/mol. The Morgan fingerprint density at radius 2 is 1.90 bits per heavy atom. The predicted molar refractivity (Wildman–Crippen MR) is 82.7 cm³/mol. The Hall–Kier alpha value is -1.11. The number of carboxylic acid groups (broad SMARTS) is 1. The highest BCUT2D eigenvalue weighted by Gasteiger charge is 2.19. The molecule has 6 nitrogen and oxygen atoms in total. The van der Waals surface area contributed by atoms with E-state index < -0.39 is 16.8 Å². The van der Waals surface area contributed by atoms with Gasteiger partial charge in [-0.1, -0.05) is 19.8 Å². The van der Waals surface area contributed by atoms with Gasteiger partial charge in [-0.3, -0.25) is 9.00 Å². The number of amides is 2. The molecule has 1 rings (SSSR count). The number of hydrogen-bond acceptors (Lipinski definition) is 3. The van der Waals surface area contributed by atoms with Crippen LogP contribution in [0.3, 0.4) is 0 Å². The molecule has 1 unspecified atom stereocenters. The number of aliphatic carboxylic acids is 1. The molecule has 0 aromatic carbocycles. The van der Waals surface area contributed by atoms with Gasteiger partial charge in [0.05, 0.1) is 0 Å². The van der Waals surface area contributed by atoms with Crippen LogP contribution >= 0.6 is 0 Å². The molecule has 1 aliphatic heterocycles. The van der Waals surface area contributed by atoms with Gasteiger partial charge in [0.25, 0.3) is 0 Å². The Morgan fingerprint density at radius 3 is 2.48 bits per heavy atom. The zero-order valence-electron chi connectivity index (χ0n) is 12.7. The summed E-state index contributed by atoms with van der Waals surface area (Å²) in [5.41, 5.74) is 0. The van der Waals surface area contributed by atoms with E-state index in [2.05, 4.69) is 12.2 Å². The lowest BCUT2D eigenvalue weighted by molar-refractivity contribution is -0.137. The fourth-order valence-electron chi connectivity index (χ4n) is 2.50. The van der Waals surface area contributed by atoms with E-state index in [9.17, 15) is 13.8 Å². The standard InChI is InChI=1S/C14H26N2O4S/c1-2-3-12(4-5-13(17)18)6-7-15-14(19)16-8-10-21(20)11-9-16/h12H,2-11H2,1H3,(H,15,19)(H,17,18). The number of carbonyl (C=O) groups excluding carboxylic acids is 1. The molecule has 1 saturated heterocycles. The van der Waals surface area contributed by atoms with E-state index >= 15 is 0 Å². The molecule has 1 heterocycles. The number of rotatable bonds is 8. The van der Waals surface area contributed by atoms with Crippen LogP contribution in [-0.2, 0) is 15.6 Å². The first-order valence-electron chi connectivity index (χ1n) is 7.62. The van der Waals surface area contributed by atoms with Crippen LogP contribution < -0.4 is 5.32 Å². The topological polar surface area (TPSA) is 86.7 Å². The van der Waals surface area contributed by atoms with Gasteiger partial charge in [0.1, 0.15) is 0 Å². The SMILES string of the molecule is CCCC(CCNC(=O)N1CCS(=O)CC1)CCC(=O)O. The van der Waals surface area contributed by atoms with Gasteiger partial charge in [-0.25, -0.2) is 4.79 Å². The van der Waals surface area contributed by atoms with Gasteiger partial charge in [-0.05, 0) is 18.8 Å². The van der Waals surface area contributed by atoms with Crippen molar-refractivity contribution in [2.75, 3.05) is 31.1 Å². The number of nitrogens with zero attached hydrogens (tertiary/aromatic N) is 1. The van der Waals surface area contributed by atoms with Crippen LogP contribution in [0.5, 0.6) is 0 Å². The Kier molecular flexibility index (Phi) is 8.34. The summed E-state index contributed by atoms with van der Waals surface area (Å²) < 4.78 is 11.2. The fraction of sp³-hybridized carbons (Fsp3) is 0.857. The quantitative estimate of drug-likeness (QED) is 0.709. The molecule has 0 bridgehead atoms. The second-order valence-electron chi connectivity index (χ2n) is 5.44. The third-order valence-electron chi connectivity index (χ3n) is 3.76. The summed E-state index contributed by atoms with van der Waals surface area (Å²) >= 11 is 0. The summed E-state index contributed by atoms with van der Waals surface area (Å²) in [4.78, 5) is 24.3. The van der Waals surface area contributed by atoms with Gasteiger partial charge in [0.15, 0.2) is 0 Å². The van der Waals surface area contributed by atoms with Crippen molar-refractivity contribution in [1.82, 2.24) is 10.2 Å². The lowest BCUT2D eigenvalue weighted by atomic mass is 9.94. The molecule has 2 amide bonds. The van der Waals surface area contributed by atoms with Gasteiger partial charge in [0.2, 0.25) is 0 Å². The van der Waals surface area contributed by atoms with E-state index in [1.165, 1.54) is 0 Å². The third-order valence-corrected chi connectivity index (χ3v) is 5.03. The van der Waals surface area contributed by atoms with Gasteiger partial charge >= 0.3 is 12.0 Å². The van der Waals surface area contributed by atoms with E-state index in [4.69, 9.17) is 5.11 Å². The van der Waals surface area contributed by atoms with Crippen LogP contribution in [0.15, 0.2) is 0 Å². The summed E-state index contributed by atoms with van der Waals surface area (Å²) in [5, 5.41) is 11.6. The average Bonchev–Trinajstić information content (AvgIpc) is 2.45. The first kappa shape index (κ1) is 17.9. The number of carbonyl (C=O) groups is 2. The zero-order valence-corrected chi connectivity index (χ0v) is 13.5. The molecule has 0 saturated carbocycles. The fourth-order valence-corrected chi connectivity index (χ4v) is 3.56. The van der Waals surface area contributed by atoms with Crippen molar-refractivity contribution in [2.45, 2.75) is 39.0 Å². The van der Waals surface area contributed by atoms with Crippen LogP contribution in [0, 0.1) is 5.92 Å². The summed E-state index contributed by atoms with van der Waals surface area (Å²) in [6.45, 7) is 3.76. The maximum atomic E-state index is 11.9. The summed E-state index contributed by atoms with van der Waals surface area (Å²) in [6.07, 6.45) is 3.69. The summed E-state index contributed by atoms with van der Waals surface area (Å²) in [5.74, 6) is 0.705. The second kappa shape index (κ2) is 9.76. The van der Waals surface area contributed by atoms with Gasteiger partial charge in [-0.2, -0.15) is 0 Å². The molecular weight excluding hydrogens is 292 g/mol. The molecule has 21 heavy (non-hydrogen) atoms. The third kappa shape index (κ3) is 7.45. The Bertz CT molecular complexity index is 366. The lowest BCUT2D eigenvalue weighted by Gasteiger charge is -2.26. The van der Waals surface area contributed by atoms with Crippen LogP contribution in [-0.4, -0.2) is 57.4 Å². The normalized spacial score (nSPS) is 17.5. The van der Waals surface area contributed by atoms with Gasteiger partial charge < -0.3 is 15.3 Å². The summed E-state index contributed by atoms with van der Waals surface area (Å²) in [7, 11) is -0.778. The minimum atomic E-state index is -0.778. The second-order valence-corrected chi connectivity index (χ2v) is 7.14. The van der Waals surface area contributed by atoms with Crippen molar-refractivity contribution in [2.24, 2.45) is 5.92 Å². The van der Waals surface area contributed by atoms with Crippen LogP contribution in [0.4, 0.5) is 4.79 Å². The minimum Gasteiger partial charge on any atom is -0.481 e. The number of urea groups is 1. The number of hydrogen-bond donors (Lipinski definition) is 2. The zero-order chi connectivity index (χ0) is 15.7. The molecule has 0 spiro atoms. The van der Waals surface area contributed by atoms with E-state index in [1.54, 1.807) is 4.90 Å². The van der Waals surface area contributed by atoms with E-state index in [0.29, 0.717) is 43.5 Å². The average molecular weight is 318 g/mol. The molecule has 7 heteroatoms. The van der Waals surface area contributed by atoms with E-state index in [1.807, 2.05) is 0 Å². The molecule has 1 atom stereocenters. The molecular formula is C14H26N2O4S. The molecule has 122 valence electrons. The van der Waals surface area contributed by atoms with Gasteiger partial charge in [0, 0.05) is 48.4 Å². The summed E-state index contributed by atoms with van der Waals surface area (Å²) in [6, 6.07) is -0.0971. The van der Waals surface area contributed by atoms with Crippen LogP contribution in [0.1, 0.15) is 39.0 Å². The van der Waals surface area contributed by atoms with E-state index in [-0.39, 0.29) is 12.5 Å². The molecule has 0 radical (unpaired) electrons. The van der Waals surface area contributed by atoms with Crippen molar-refractivity contribution in [3.05, 3.63) is 0 Å². The van der Waals surface area contributed by atoms with Crippen molar-refractivity contribution in [3.63, 3.8) is 0 Å². The van der Waals surface area contributed by atoms with E-state index in [0.717, 1.165) is 19.3 Å². The largest absolute Gasteiger partial charge is 0.481 e. The molecule has 0 aromatic rings. The lowest BCUT2D eigenvalue weighted by Crippen LogP contribution is -2.47. The predicted octanol–water partition coefficient (Wildman–Crippen LogP) is 1.43. The highest BCUT2D eigenvalue weighted by molar-refractivity contribution is 7.85. The maximum absolute atomic E-state index is 11.9. The number of carboxylic acids is 1. The van der Waals surface area contributed by atoms with Crippen molar-refractivity contribution >= 4 is 22.8 Å². The first-order valence-corrected chi connectivity index (χ1v) is 9.11. The highest BCUT2D eigenvalue weighted by atomic mass is 32.2. The van der Waals surface area contributed by atoms with Gasteiger partial charge in [-0.15, -0.1) is 0 Å². The Morgan fingerprint density at radius 1 is 1.24 bits per heavy atom. The first-order chi connectivity index (χ1) is 10.0. The molecule has 0 aliphatic carbocycles. The molecule has 1 aliphatic rings. The van der Waals surface area contributed by atoms with Crippen LogP contribution in [0.25, 0.3) is 0 Å². The van der Waals surface area contributed by atoms with Crippen LogP contribution in [0.2, 0.25) is 0 Å². The molecule has 0 aromatic heterocycles. The maximum Gasteiger partial charge on any atom is 0.317 e. The smallest absolute Gasteiger partial charge is 0.317 e. The van der Waals surface area contributed by atoms with Crippen molar-refractivity contribution < 1.29 is 18.9 Å². The van der Waals surface area contributed by atoms with Crippen molar-refractivity contribution in [3.8, 4) is 0 Å². The number of nitrogens with one attached hydrogen (secondary N) is 1. The highest BCUT2D eigenvalue weighted by Crippen LogP contribution is 2.17. The minimum absolute atomic E-state index is 0.0971. The Balaban J connectivity index is 2.24. The van der Waals surface area contributed by atoms with Crippen molar-refractivity contribution in [1.29, 1.82) is 0 Å².